The molecule has 0 spiro atoms. The summed E-state index contributed by atoms with van der Waals surface area (Å²) in [6.45, 7) is 14.0. The third-order valence-corrected chi connectivity index (χ3v) is 5.95. The molecule has 2 aromatic carbocycles. The van der Waals surface area contributed by atoms with Crippen LogP contribution in [0.1, 0.15) is 64.1 Å². The number of hydrogen-bond donors (Lipinski definition) is 0. The van der Waals surface area contributed by atoms with Gasteiger partial charge in [-0.3, -0.25) is 9.59 Å². The van der Waals surface area contributed by atoms with E-state index in [1.54, 1.807) is 26.8 Å². The van der Waals surface area contributed by atoms with Crippen LogP contribution in [0.15, 0.2) is 67.3 Å². The smallest absolute Gasteiger partial charge is 0.417 e. The fourth-order valence-corrected chi connectivity index (χ4v) is 4.28. The third kappa shape index (κ3) is 7.44. The second kappa shape index (κ2) is 12.1. The van der Waals surface area contributed by atoms with Crippen molar-refractivity contribution in [2.24, 2.45) is 11.8 Å². The van der Waals surface area contributed by atoms with Crippen LogP contribution >= 0.6 is 0 Å². The van der Waals surface area contributed by atoms with Gasteiger partial charge in [0.25, 0.3) is 0 Å². The van der Waals surface area contributed by atoms with Crippen molar-refractivity contribution >= 4 is 18.0 Å². The van der Waals surface area contributed by atoms with Gasteiger partial charge in [0.1, 0.15) is 24.0 Å². The Morgan fingerprint density at radius 2 is 1.76 bits per heavy atom. The molecular formula is C30H37NO6. The lowest BCUT2D eigenvalue weighted by Crippen LogP contribution is -2.42. The first-order valence-electron chi connectivity index (χ1n) is 12.6. The van der Waals surface area contributed by atoms with Crippen LogP contribution in [0.5, 0.6) is 5.75 Å². The Morgan fingerprint density at radius 3 is 2.32 bits per heavy atom. The molecule has 1 saturated heterocycles. The number of amides is 2. The molecule has 0 radical (unpaired) electrons. The third-order valence-electron chi connectivity index (χ3n) is 5.95. The second-order valence-corrected chi connectivity index (χ2v) is 10.6. The molecule has 0 bridgehead atoms. The van der Waals surface area contributed by atoms with Gasteiger partial charge in [-0.15, -0.1) is 6.58 Å². The van der Waals surface area contributed by atoms with Gasteiger partial charge in [-0.1, -0.05) is 62.4 Å². The number of ether oxygens (including phenoxy) is 3. The summed E-state index contributed by atoms with van der Waals surface area (Å²) in [7, 11) is 0. The number of rotatable bonds is 10. The Hall–Kier alpha value is -3.61. The molecule has 0 aliphatic carbocycles. The van der Waals surface area contributed by atoms with Crippen molar-refractivity contribution in [2.45, 2.75) is 58.6 Å². The standard InChI is InChI=1S/C30H37NO6/c1-7-24(21-13-15-23(16-14-21)35-18-20(2)3)25(17-27(32)37-30(4,5)6)28(33)31-26(19-36-29(31)34)22-11-9-8-10-12-22/h7-16,20,24-26H,1,17-19H2,2-6H3/t24-,25+,26-/m1/s1. The van der Waals surface area contributed by atoms with E-state index >= 15 is 0 Å². The molecule has 3 rings (SSSR count). The van der Waals surface area contributed by atoms with Crippen molar-refractivity contribution in [1.82, 2.24) is 4.90 Å². The molecule has 7 nitrogen and oxygen atoms in total. The number of nitrogens with zero attached hydrogens (tertiary/aromatic N) is 1. The molecule has 7 heteroatoms. The van der Waals surface area contributed by atoms with Crippen LogP contribution in [0.4, 0.5) is 4.79 Å². The van der Waals surface area contributed by atoms with Crippen molar-refractivity contribution in [3.05, 3.63) is 78.4 Å². The molecule has 2 amide bonds. The molecule has 0 unspecified atom stereocenters. The number of esters is 1. The summed E-state index contributed by atoms with van der Waals surface area (Å²) in [4.78, 5) is 40.8. The number of carbonyl (C=O) groups excluding carboxylic acids is 3. The molecule has 2 aromatic rings. The molecule has 1 fully saturated rings. The predicted octanol–water partition coefficient (Wildman–Crippen LogP) is 6.06. The summed E-state index contributed by atoms with van der Waals surface area (Å²) in [6, 6.07) is 16.0. The molecule has 1 aliphatic rings. The summed E-state index contributed by atoms with van der Waals surface area (Å²) < 4.78 is 16.6. The Balaban J connectivity index is 1.94. The van der Waals surface area contributed by atoms with Crippen LogP contribution < -0.4 is 4.74 Å². The number of benzene rings is 2. The highest BCUT2D eigenvalue weighted by Crippen LogP contribution is 2.36. The van der Waals surface area contributed by atoms with Gasteiger partial charge in [0, 0.05) is 5.92 Å². The molecule has 198 valence electrons. The van der Waals surface area contributed by atoms with Crippen molar-refractivity contribution in [2.75, 3.05) is 13.2 Å². The molecular weight excluding hydrogens is 470 g/mol. The van der Waals surface area contributed by atoms with Crippen LogP contribution in [0.3, 0.4) is 0 Å². The number of hydrogen-bond acceptors (Lipinski definition) is 6. The van der Waals surface area contributed by atoms with E-state index in [0.29, 0.717) is 18.3 Å². The van der Waals surface area contributed by atoms with E-state index in [1.165, 1.54) is 0 Å². The fourth-order valence-electron chi connectivity index (χ4n) is 4.28. The zero-order chi connectivity index (χ0) is 27.2. The SMILES string of the molecule is C=C[C@H](c1ccc(OCC(C)C)cc1)[C@H](CC(=O)OC(C)(C)C)C(=O)N1C(=O)OC[C@@H]1c1ccccc1. The highest BCUT2D eigenvalue weighted by atomic mass is 16.6. The maximum Gasteiger partial charge on any atom is 0.417 e. The van der Waals surface area contributed by atoms with Crippen LogP contribution in [0.2, 0.25) is 0 Å². The van der Waals surface area contributed by atoms with Crippen molar-refractivity contribution in [3.63, 3.8) is 0 Å². The molecule has 0 saturated carbocycles. The molecule has 1 heterocycles. The monoisotopic (exact) mass is 507 g/mol. The molecule has 37 heavy (non-hydrogen) atoms. The zero-order valence-corrected chi connectivity index (χ0v) is 22.3. The van der Waals surface area contributed by atoms with E-state index in [0.717, 1.165) is 16.0 Å². The average Bonchev–Trinajstić information content (AvgIpc) is 3.23. The Morgan fingerprint density at radius 1 is 1.11 bits per heavy atom. The Kier molecular flexibility index (Phi) is 9.14. The summed E-state index contributed by atoms with van der Waals surface area (Å²) >= 11 is 0. The van der Waals surface area contributed by atoms with E-state index < -0.39 is 41.4 Å². The molecule has 3 atom stereocenters. The van der Waals surface area contributed by atoms with Crippen LogP contribution in [-0.2, 0) is 19.1 Å². The van der Waals surface area contributed by atoms with E-state index in [2.05, 4.69) is 20.4 Å². The van der Waals surface area contributed by atoms with Gasteiger partial charge in [-0.2, -0.15) is 0 Å². The number of allylic oxidation sites excluding steroid dienone is 1. The fraction of sp³-hybridized carbons (Fsp3) is 0.433. The van der Waals surface area contributed by atoms with Gasteiger partial charge < -0.3 is 14.2 Å². The van der Waals surface area contributed by atoms with Gasteiger partial charge in [-0.25, -0.2) is 9.69 Å². The van der Waals surface area contributed by atoms with Crippen LogP contribution in [0.25, 0.3) is 0 Å². The number of carbonyl (C=O) groups is 3. The van der Waals surface area contributed by atoms with Gasteiger partial charge in [0.15, 0.2) is 0 Å². The minimum Gasteiger partial charge on any atom is -0.493 e. The van der Waals surface area contributed by atoms with Gasteiger partial charge in [0.2, 0.25) is 5.91 Å². The van der Waals surface area contributed by atoms with Crippen molar-refractivity contribution in [1.29, 1.82) is 0 Å². The largest absolute Gasteiger partial charge is 0.493 e. The topological polar surface area (TPSA) is 82.1 Å². The van der Waals surface area contributed by atoms with Gasteiger partial charge >= 0.3 is 12.1 Å². The van der Waals surface area contributed by atoms with E-state index in [1.807, 2.05) is 54.6 Å². The Bertz CT molecular complexity index is 1090. The minimum absolute atomic E-state index is 0.0500. The normalized spacial score (nSPS) is 17.2. The maximum absolute atomic E-state index is 14.0. The van der Waals surface area contributed by atoms with Crippen LogP contribution in [0, 0.1) is 11.8 Å². The van der Waals surface area contributed by atoms with Crippen molar-refractivity contribution < 1.29 is 28.6 Å². The number of cyclic esters (lactones) is 1. The quantitative estimate of drug-likeness (QED) is 0.287. The van der Waals surface area contributed by atoms with E-state index in [4.69, 9.17) is 14.2 Å². The average molecular weight is 508 g/mol. The number of imide groups is 1. The summed E-state index contributed by atoms with van der Waals surface area (Å²) in [5.74, 6) is -1.42. The highest BCUT2D eigenvalue weighted by Gasteiger charge is 2.44. The summed E-state index contributed by atoms with van der Waals surface area (Å²) in [5, 5.41) is 0. The highest BCUT2D eigenvalue weighted by molar-refractivity contribution is 5.97. The lowest BCUT2D eigenvalue weighted by atomic mass is 9.82. The zero-order valence-electron chi connectivity index (χ0n) is 22.3. The maximum atomic E-state index is 14.0. The first-order valence-corrected chi connectivity index (χ1v) is 12.6. The predicted molar refractivity (Wildman–Crippen MR) is 141 cm³/mol. The lowest BCUT2D eigenvalue weighted by molar-refractivity contribution is -0.158. The first-order chi connectivity index (χ1) is 17.5. The minimum atomic E-state index is -0.924. The van der Waals surface area contributed by atoms with Crippen molar-refractivity contribution in [3.8, 4) is 5.75 Å². The lowest BCUT2D eigenvalue weighted by Gasteiger charge is -2.30. The first kappa shape index (κ1) is 28.0. The second-order valence-electron chi connectivity index (χ2n) is 10.6. The molecule has 1 aliphatic heterocycles. The van der Waals surface area contributed by atoms with Gasteiger partial charge in [-0.05, 0) is 49.9 Å². The summed E-state index contributed by atoms with van der Waals surface area (Å²) in [5.41, 5.74) is 0.834. The summed E-state index contributed by atoms with van der Waals surface area (Å²) in [6.07, 6.45) is 0.688. The van der Waals surface area contributed by atoms with E-state index in [-0.39, 0.29) is 13.0 Å². The molecule has 0 N–H and O–H groups in total. The van der Waals surface area contributed by atoms with Crippen LogP contribution in [-0.4, -0.2) is 41.7 Å². The van der Waals surface area contributed by atoms with E-state index in [9.17, 15) is 14.4 Å². The van der Waals surface area contributed by atoms with Gasteiger partial charge in [0.05, 0.1) is 18.9 Å². The molecule has 0 aromatic heterocycles. The Labute approximate surface area is 219 Å².